The predicted octanol–water partition coefficient (Wildman–Crippen LogP) is 5.76. The number of hydrogen-bond donors (Lipinski definition) is 4. The van der Waals surface area contributed by atoms with Gasteiger partial charge in [-0.2, -0.15) is 0 Å². The van der Waals surface area contributed by atoms with Crippen molar-refractivity contribution in [2.24, 2.45) is 0 Å². The molecule has 0 saturated heterocycles. The molecule has 1 fully saturated rings. The van der Waals surface area contributed by atoms with Crippen molar-refractivity contribution in [1.29, 1.82) is 0 Å². The number of benzene rings is 2. The Balaban J connectivity index is 1.26. The quantitative estimate of drug-likeness (QED) is 0.225. The van der Waals surface area contributed by atoms with E-state index in [0.717, 1.165) is 61.2 Å². The molecule has 2 aromatic heterocycles. The van der Waals surface area contributed by atoms with E-state index in [1.165, 1.54) is 17.4 Å². The molecular weight excluding hydrogens is 550 g/mol. The number of nitrogens with zero attached hydrogens (tertiary/aromatic N) is 2. The Bertz CT molecular complexity index is 1590. The molecule has 4 aromatic rings. The van der Waals surface area contributed by atoms with Gasteiger partial charge in [-0.25, -0.2) is 4.98 Å². The van der Waals surface area contributed by atoms with Gasteiger partial charge in [-0.3, -0.25) is 9.78 Å². The van der Waals surface area contributed by atoms with Gasteiger partial charge in [-0.1, -0.05) is 45.0 Å². The number of aliphatic hydroxyl groups excluding tert-OH is 1. The van der Waals surface area contributed by atoms with E-state index in [0.29, 0.717) is 24.4 Å². The number of fused-ring (bicyclic) bond motifs is 4. The van der Waals surface area contributed by atoms with Crippen LogP contribution in [0.25, 0.3) is 11.5 Å². The Kier molecular flexibility index (Phi) is 8.56. The fourth-order valence-corrected chi connectivity index (χ4v) is 5.99. The molecule has 8 nitrogen and oxygen atoms in total. The van der Waals surface area contributed by atoms with Crippen LogP contribution in [-0.4, -0.2) is 46.2 Å². The summed E-state index contributed by atoms with van der Waals surface area (Å²) in [6.45, 7) is 7.73. The number of aliphatic hydroxyl groups is 1. The van der Waals surface area contributed by atoms with Gasteiger partial charge in [0.1, 0.15) is 6.26 Å². The van der Waals surface area contributed by atoms with Gasteiger partial charge in [0.2, 0.25) is 5.89 Å². The Hall–Kier alpha value is -4.01. The Labute approximate surface area is 259 Å². The summed E-state index contributed by atoms with van der Waals surface area (Å²) in [5.74, 6) is 0.202. The summed E-state index contributed by atoms with van der Waals surface area (Å²) in [5, 5.41) is 21.9. The highest BCUT2D eigenvalue weighted by atomic mass is 16.3. The third-order valence-corrected chi connectivity index (χ3v) is 8.84. The molecule has 6 rings (SSSR count). The fraction of sp³-hybridized carbons (Fsp3) is 0.417. The van der Waals surface area contributed by atoms with Crippen LogP contribution in [0.2, 0.25) is 0 Å². The van der Waals surface area contributed by atoms with Crippen LogP contribution in [0.5, 0.6) is 0 Å². The van der Waals surface area contributed by atoms with Crippen molar-refractivity contribution in [2.45, 2.75) is 82.4 Å². The minimum atomic E-state index is -0.825. The van der Waals surface area contributed by atoms with Gasteiger partial charge in [-0.05, 0) is 91.0 Å². The number of pyridine rings is 1. The number of rotatable bonds is 6. The number of aromatic nitrogens is 2. The standard InChI is InChI=1S/C36H43N5O3/c1-35(2,3)28-10-14-38-32(22-28)36(11-12-36)40-23-31(42)30-18-25-9-6-8-24(17-25)7-4-5-13-37-29-20-26(33(43)41-30)19-27(21-29)34-39-15-16-44-34/h6,8-10,14-17,19-22,30-31,37,40,42H,4-5,7,11-13,18,23H2,1-3H3,(H,41,43)/t30-,31+/m0/s1. The van der Waals surface area contributed by atoms with Gasteiger partial charge < -0.3 is 25.5 Å². The third-order valence-electron chi connectivity index (χ3n) is 8.84. The van der Waals surface area contributed by atoms with Crippen LogP contribution >= 0.6 is 0 Å². The number of amides is 1. The molecule has 230 valence electrons. The zero-order valence-corrected chi connectivity index (χ0v) is 25.9. The number of nitrogens with one attached hydrogen (secondary N) is 3. The molecule has 0 spiro atoms. The molecule has 0 unspecified atom stereocenters. The van der Waals surface area contributed by atoms with Crippen LogP contribution < -0.4 is 16.0 Å². The van der Waals surface area contributed by atoms with Crippen molar-refractivity contribution < 1.29 is 14.3 Å². The summed E-state index contributed by atoms with van der Waals surface area (Å²) in [6.07, 6.45) is 9.63. The average molecular weight is 594 g/mol. The van der Waals surface area contributed by atoms with Crippen molar-refractivity contribution in [1.82, 2.24) is 20.6 Å². The molecule has 8 heteroatoms. The molecule has 1 saturated carbocycles. The monoisotopic (exact) mass is 593 g/mol. The molecular formula is C36H43N5O3. The maximum atomic E-state index is 13.8. The fourth-order valence-electron chi connectivity index (χ4n) is 5.99. The van der Waals surface area contributed by atoms with Gasteiger partial charge in [0.25, 0.3) is 5.91 Å². The lowest BCUT2D eigenvalue weighted by Gasteiger charge is -2.28. The Morgan fingerprint density at radius 2 is 1.84 bits per heavy atom. The zero-order chi connectivity index (χ0) is 30.7. The minimum absolute atomic E-state index is 0.0242. The normalized spacial score (nSPS) is 19.2. The van der Waals surface area contributed by atoms with Crippen LogP contribution in [0.15, 0.2) is 77.7 Å². The van der Waals surface area contributed by atoms with Gasteiger partial charge in [0.05, 0.1) is 29.6 Å². The van der Waals surface area contributed by atoms with E-state index in [4.69, 9.17) is 9.40 Å². The molecule has 4 bridgehead atoms. The van der Waals surface area contributed by atoms with E-state index in [2.05, 4.69) is 78.1 Å². The molecule has 2 aliphatic rings. The number of carbonyl (C=O) groups is 1. The predicted molar refractivity (Wildman–Crippen MR) is 173 cm³/mol. The maximum Gasteiger partial charge on any atom is 0.251 e. The summed E-state index contributed by atoms with van der Waals surface area (Å²) in [7, 11) is 0. The highest BCUT2D eigenvalue weighted by molar-refractivity contribution is 5.96. The second-order valence-electron chi connectivity index (χ2n) is 13.3. The molecule has 4 N–H and O–H groups in total. The van der Waals surface area contributed by atoms with Crippen molar-refractivity contribution in [3.8, 4) is 11.5 Å². The molecule has 3 heterocycles. The van der Waals surface area contributed by atoms with E-state index in [1.54, 1.807) is 12.3 Å². The van der Waals surface area contributed by atoms with Gasteiger partial charge in [0.15, 0.2) is 0 Å². The first-order valence-electron chi connectivity index (χ1n) is 15.8. The van der Waals surface area contributed by atoms with Gasteiger partial charge in [0, 0.05) is 36.1 Å². The van der Waals surface area contributed by atoms with E-state index >= 15 is 0 Å². The van der Waals surface area contributed by atoms with Gasteiger partial charge >= 0.3 is 0 Å². The van der Waals surface area contributed by atoms with Crippen LogP contribution in [0.3, 0.4) is 0 Å². The Morgan fingerprint density at radius 1 is 1.02 bits per heavy atom. The number of oxazole rings is 1. The van der Waals surface area contributed by atoms with E-state index < -0.39 is 12.1 Å². The number of hydrogen-bond acceptors (Lipinski definition) is 7. The smallest absolute Gasteiger partial charge is 0.251 e. The molecule has 1 aliphatic carbocycles. The first-order chi connectivity index (χ1) is 21.2. The third kappa shape index (κ3) is 7.03. The molecule has 44 heavy (non-hydrogen) atoms. The topological polar surface area (TPSA) is 112 Å². The SMILES string of the molecule is CC(C)(C)c1ccnc(C2(NC[C@@H](O)[C@@H]3Cc4cccc(c4)CCCCNc4cc(cc(-c5ncco5)c4)C(=O)N3)CC2)c1. The van der Waals surface area contributed by atoms with Gasteiger partial charge in [-0.15, -0.1) is 0 Å². The number of anilines is 1. The summed E-state index contributed by atoms with van der Waals surface area (Å²) in [6, 6.07) is 17.9. The highest BCUT2D eigenvalue weighted by Gasteiger charge is 2.46. The molecule has 1 amide bonds. The molecule has 0 radical (unpaired) electrons. The van der Waals surface area contributed by atoms with Crippen molar-refractivity contribution in [2.75, 3.05) is 18.4 Å². The lowest BCUT2D eigenvalue weighted by atomic mass is 9.86. The summed E-state index contributed by atoms with van der Waals surface area (Å²) in [4.78, 5) is 22.8. The lowest BCUT2D eigenvalue weighted by Crippen LogP contribution is -2.50. The highest BCUT2D eigenvalue weighted by Crippen LogP contribution is 2.45. The molecule has 1 aliphatic heterocycles. The average Bonchev–Trinajstić information content (AvgIpc) is 3.60. The van der Waals surface area contributed by atoms with Crippen LogP contribution in [-0.2, 0) is 23.8 Å². The summed E-state index contributed by atoms with van der Waals surface area (Å²) < 4.78 is 5.55. The molecule has 2 aromatic carbocycles. The van der Waals surface area contributed by atoms with Crippen molar-refractivity contribution in [3.05, 3.63) is 101 Å². The largest absolute Gasteiger partial charge is 0.445 e. The van der Waals surface area contributed by atoms with E-state index in [-0.39, 0.29) is 16.9 Å². The van der Waals surface area contributed by atoms with Crippen molar-refractivity contribution >= 4 is 11.6 Å². The number of carbonyl (C=O) groups excluding carboxylic acids is 1. The van der Waals surface area contributed by atoms with E-state index in [1.807, 2.05) is 18.3 Å². The zero-order valence-electron chi connectivity index (χ0n) is 25.9. The second kappa shape index (κ2) is 12.5. The lowest BCUT2D eigenvalue weighted by molar-refractivity contribution is 0.0821. The van der Waals surface area contributed by atoms with Crippen molar-refractivity contribution in [3.63, 3.8) is 0 Å². The maximum absolute atomic E-state index is 13.8. The van der Waals surface area contributed by atoms with E-state index in [9.17, 15) is 9.90 Å². The first-order valence-corrected chi connectivity index (χ1v) is 15.8. The first kappa shape index (κ1) is 30.0. The molecule has 2 atom stereocenters. The minimum Gasteiger partial charge on any atom is -0.445 e. The summed E-state index contributed by atoms with van der Waals surface area (Å²) in [5.41, 5.74) is 6.43. The second-order valence-corrected chi connectivity index (χ2v) is 13.3. The summed E-state index contributed by atoms with van der Waals surface area (Å²) >= 11 is 0. The van der Waals surface area contributed by atoms with Crippen LogP contribution in [0.1, 0.15) is 79.2 Å². The van der Waals surface area contributed by atoms with Crippen LogP contribution in [0.4, 0.5) is 5.69 Å². The number of aryl methyl sites for hydroxylation is 1. The Morgan fingerprint density at radius 3 is 2.61 bits per heavy atom. The van der Waals surface area contributed by atoms with Crippen LogP contribution in [0, 0.1) is 0 Å².